The Balaban J connectivity index is 0.00000162. The average molecular weight is 354 g/mol. The number of rotatable bonds is 1. The Bertz CT molecular complexity index is 434. The number of likely N-dealkylation sites (tertiary alicyclic amines) is 1. The van der Waals surface area contributed by atoms with E-state index in [4.69, 9.17) is 17.3 Å². The van der Waals surface area contributed by atoms with Crippen molar-refractivity contribution in [3.63, 3.8) is 0 Å². The maximum absolute atomic E-state index is 12.3. The highest BCUT2D eigenvalue weighted by atomic mass is 79.9. The van der Waals surface area contributed by atoms with Crippen LogP contribution >= 0.6 is 39.9 Å². The lowest BCUT2D eigenvalue weighted by Gasteiger charge is -2.30. The number of nitrogens with zero attached hydrogens (tertiary/aromatic N) is 1. The molecule has 3 nitrogen and oxygen atoms in total. The second kappa shape index (κ2) is 6.75. The molecule has 0 spiro atoms. The fraction of sp³-hybridized carbons (Fsp3) is 0.417. The Kier molecular flexibility index (Phi) is 5.92. The minimum Gasteiger partial charge on any atom is -0.338 e. The largest absolute Gasteiger partial charge is 0.338 e. The minimum atomic E-state index is 0. The van der Waals surface area contributed by atoms with E-state index in [0.717, 1.165) is 30.4 Å². The number of carbonyl (C=O) groups is 1. The molecule has 0 radical (unpaired) electrons. The molecule has 1 aromatic carbocycles. The summed E-state index contributed by atoms with van der Waals surface area (Å²) in [6.45, 7) is 1.46. The van der Waals surface area contributed by atoms with E-state index in [9.17, 15) is 4.79 Å². The second-order valence-corrected chi connectivity index (χ2v) is 5.54. The Morgan fingerprint density at radius 2 is 2.00 bits per heavy atom. The van der Waals surface area contributed by atoms with Crippen molar-refractivity contribution >= 4 is 45.8 Å². The first-order valence-corrected chi connectivity index (χ1v) is 6.75. The fourth-order valence-electron chi connectivity index (χ4n) is 1.94. The highest BCUT2D eigenvalue weighted by Crippen LogP contribution is 2.23. The third-order valence-corrected chi connectivity index (χ3v) is 3.88. The number of benzene rings is 1. The van der Waals surface area contributed by atoms with Gasteiger partial charge in [-0.3, -0.25) is 4.79 Å². The van der Waals surface area contributed by atoms with Crippen molar-refractivity contribution in [2.75, 3.05) is 13.1 Å². The molecule has 0 aliphatic carbocycles. The van der Waals surface area contributed by atoms with Gasteiger partial charge in [0.25, 0.3) is 5.91 Å². The van der Waals surface area contributed by atoms with E-state index in [1.807, 2.05) is 4.90 Å². The number of hydrogen-bond acceptors (Lipinski definition) is 2. The van der Waals surface area contributed by atoms with Gasteiger partial charge < -0.3 is 10.6 Å². The topological polar surface area (TPSA) is 46.3 Å². The molecule has 2 N–H and O–H groups in total. The summed E-state index contributed by atoms with van der Waals surface area (Å²) in [7, 11) is 0. The molecule has 1 fully saturated rings. The van der Waals surface area contributed by atoms with E-state index >= 15 is 0 Å². The van der Waals surface area contributed by atoms with Gasteiger partial charge in [-0.2, -0.15) is 0 Å². The number of halogens is 3. The summed E-state index contributed by atoms with van der Waals surface area (Å²) < 4.78 is 0.741. The van der Waals surface area contributed by atoms with Crippen LogP contribution in [-0.4, -0.2) is 29.9 Å². The Hall–Kier alpha value is -0.290. The molecular weight excluding hydrogens is 339 g/mol. The molecule has 18 heavy (non-hydrogen) atoms. The first-order chi connectivity index (χ1) is 8.08. The molecule has 1 aromatic rings. The van der Waals surface area contributed by atoms with E-state index in [1.54, 1.807) is 18.2 Å². The second-order valence-electron chi connectivity index (χ2n) is 4.25. The zero-order valence-corrected chi connectivity index (χ0v) is 12.9. The summed E-state index contributed by atoms with van der Waals surface area (Å²) in [5, 5.41) is 0.620. The summed E-state index contributed by atoms with van der Waals surface area (Å²) in [5.41, 5.74) is 6.48. The fourth-order valence-corrected chi connectivity index (χ4v) is 2.79. The molecule has 0 bridgehead atoms. The van der Waals surface area contributed by atoms with Gasteiger partial charge in [0.05, 0.1) is 5.56 Å². The normalized spacial score (nSPS) is 16.3. The molecule has 0 atom stereocenters. The standard InChI is InChI=1S/C12H14BrClN2O.ClH/c13-11-7-8(14)1-2-10(11)12(17)16-5-3-9(15)4-6-16;/h1-2,7,9H,3-6,15H2;1H. The lowest BCUT2D eigenvalue weighted by atomic mass is 10.0. The van der Waals surface area contributed by atoms with Crippen LogP contribution in [0.15, 0.2) is 22.7 Å². The van der Waals surface area contributed by atoms with Crippen LogP contribution in [0.1, 0.15) is 23.2 Å². The summed E-state index contributed by atoms with van der Waals surface area (Å²) in [4.78, 5) is 14.1. The smallest absolute Gasteiger partial charge is 0.255 e. The number of carbonyl (C=O) groups excluding carboxylic acids is 1. The SMILES string of the molecule is Cl.NC1CCN(C(=O)c2ccc(Cl)cc2Br)CC1. The number of nitrogens with two attached hydrogens (primary N) is 1. The Morgan fingerprint density at radius 1 is 1.39 bits per heavy atom. The zero-order valence-electron chi connectivity index (χ0n) is 9.73. The third kappa shape index (κ3) is 3.60. The lowest BCUT2D eigenvalue weighted by molar-refractivity contribution is 0.0714. The van der Waals surface area contributed by atoms with Gasteiger partial charge in [-0.15, -0.1) is 12.4 Å². The van der Waals surface area contributed by atoms with Crippen LogP contribution in [0, 0.1) is 0 Å². The summed E-state index contributed by atoms with van der Waals surface area (Å²) >= 11 is 9.22. The number of piperidine rings is 1. The van der Waals surface area contributed by atoms with Crippen LogP contribution < -0.4 is 5.73 Å². The van der Waals surface area contributed by atoms with E-state index < -0.39 is 0 Å². The van der Waals surface area contributed by atoms with Gasteiger partial charge >= 0.3 is 0 Å². The van der Waals surface area contributed by atoms with Gasteiger partial charge in [0.1, 0.15) is 0 Å². The highest BCUT2D eigenvalue weighted by molar-refractivity contribution is 9.10. The van der Waals surface area contributed by atoms with Gasteiger partial charge in [0.15, 0.2) is 0 Å². The van der Waals surface area contributed by atoms with Crippen molar-refractivity contribution in [3.8, 4) is 0 Å². The first kappa shape index (κ1) is 15.8. The van der Waals surface area contributed by atoms with Gasteiger partial charge in [-0.1, -0.05) is 11.6 Å². The molecule has 0 aromatic heterocycles. The average Bonchev–Trinajstić information content (AvgIpc) is 2.29. The van der Waals surface area contributed by atoms with Crippen molar-refractivity contribution in [1.82, 2.24) is 4.90 Å². The lowest BCUT2D eigenvalue weighted by Crippen LogP contribution is -2.42. The van der Waals surface area contributed by atoms with Crippen LogP contribution in [-0.2, 0) is 0 Å². The van der Waals surface area contributed by atoms with Crippen molar-refractivity contribution < 1.29 is 4.79 Å². The molecule has 0 saturated carbocycles. The van der Waals surface area contributed by atoms with Crippen LogP contribution in [0.3, 0.4) is 0 Å². The van der Waals surface area contributed by atoms with Crippen molar-refractivity contribution in [2.45, 2.75) is 18.9 Å². The molecule has 1 aliphatic heterocycles. The van der Waals surface area contributed by atoms with Gasteiger partial charge in [-0.05, 0) is 47.0 Å². The molecular formula is C12H15BrCl2N2O. The van der Waals surface area contributed by atoms with Crippen molar-refractivity contribution in [3.05, 3.63) is 33.3 Å². The summed E-state index contributed by atoms with van der Waals surface area (Å²) in [6, 6.07) is 5.45. The van der Waals surface area contributed by atoms with Crippen LogP contribution in [0.5, 0.6) is 0 Å². The zero-order chi connectivity index (χ0) is 12.4. The maximum Gasteiger partial charge on any atom is 0.255 e. The maximum atomic E-state index is 12.3. The molecule has 2 rings (SSSR count). The Labute approximate surface area is 126 Å². The predicted octanol–water partition coefficient (Wildman–Crippen LogP) is 3.09. The van der Waals surface area contributed by atoms with Gasteiger partial charge in [0, 0.05) is 28.6 Å². The molecule has 100 valence electrons. The quantitative estimate of drug-likeness (QED) is 0.843. The van der Waals surface area contributed by atoms with Crippen molar-refractivity contribution in [2.24, 2.45) is 5.73 Å². The monoisotopic (exact) mass is 352 g/mol. The van der Waals surface area contributed by atoms with E-state index in [1.165, 1.54) is 0 Å². The molecule has 6 heteroatoms. The van der Waals surface area contributed by atoms with Crippen LogP contribution in [0.25, 0.3) is 0 Å². The third-order valence-electron chi connectivity index (χ3n) is 2.99. The minimum absolute atomic E-state index is 0. The highest BCUT2D eigenvalue weighted by Gasteiger charge is 2.22. The molecule has 1 heterocycles. The molecule has 1 saturated heterocycles. The predicted molar refractivity (Wildman–Crippen MR) is 79.5 cm³/mol. The van der Waals surface area contributed by atoms with Crippen LogP contribution in [0.2, 0.25) is 5.02 Å². The molecule has 1 aliphatic rings. The van der Waals surface area contributed by atoms with Crippen molar-refractivity contribution in [1.29, 1.82) is 0 Å². The first-order valence-electron chi connectivity index (χ1n) is 5.58. The van der Waals surface area contributed by atoms with E-state index in [-0.39, 0.29) is 24.4 Å². The Morgan fingerprint density at radius 3 is 2.56 bits per heavy atom. The molecule has 0 unspecified atom stereocenters. The molecule has 1 amide bonds. The summed E-state index contributed by atoms with van der Waals surface area (Å²) in [5.74, 6) is 0.0421. The van der Waals surface area contributed by atoms with E-state index in [2.05, 4.69) is 15.9 Å². The summed E-state index contributed by atoms with van der Waals surface area (Å²) in [6.07, 6.45) is 1.74. The number of hydrogen-bond donors (Lipinski definition) is 1. The number of amides is 1. The van der Waals surface area contributed by atoms with Gasteiger partial charge in [0.2, 0.25) is 0 Å². The van der Waals surface area contributed by atoms with Crippen LogP contribution in [0.4, 0.5) is 0 Å². The van der Waals surface area contributed by atoms with E-state index in [0.29, 0.717) is 10.6 Å². The van der Waals surface area contributed by atoms with Gasteiger partial charge in [-0.25, -0.2) is 0 Å².